The number of carbonyl (C=O) groups excluding carboxylic acids is 7. The molecule has 3 aliphatic heterocycles. The van der Waals surface area contributed by atoms with Crippen molar-refractivity contribution in [2.75, 3.05) is 53.2 Å². The predicted octanol–water partition coefficient (Wildman–Crippen LogP) is 2.60. The van der Waals surface area contributed by atoms with E-state index in [4.69, 9.17) is 9.47 Å². The number of hydrogen-bond acceptors (Lipinski definition) is 13. The van der Waals surface area contributed by atoms with Gasteiger partial charge < -0.3 is 30.2 Å². The van der Waals surface area contributed by atoms with Crippen LogP contribution in [0.1, 0.15) is 98.0 Å². The standard InChI is InChI=1S/C51H79N7O11S/c1-9-33(4)40(28-52-50(64)45(32(2)3)54-51(65)46-36-19-20-39(27-36)56(46)6)48(69-8)41(30-59)57-25-23-37(29-57)47(68-7)34(5)49(63)53-38(26-35-16-12-10-13-17-35)31-70(66,67)55-42(60)18-14-11-15-24-58-43(61)21-22-44(58)62/h10,12-13,16-17,21-22,30,32-34,36-41,45-48H,9,11,14-15,18-20,23-29,31H2,1-8H3,(H,52,64)(H,53,63)(H,54,65)(H,55,60)/t33-,34+,36-,37-,38-,39+,40+,41+,45?,46-,47-,48+/m0/s1. The van der Waals surface area contributed by atoms with Crippen LogP contribution < -0.4 is 20.7 Å². The van der Waals surface area contributed by atoms with Crippen molar-refractivity contribution < 1.29 is 51.5 Å². The molecule has 5 rings (SSSR count). The number of likely N-dealkylation sites (N-methyl/N-ethyl adjacent to an activating group) is 1. The van der Waals surface area contributed by atoms with Gasteiger partial charge in [-0.2, -0.15) is 0 Å². The Balaban J connectivity index is 1.18. The summed E-state index contributed by atoms with van der Waals surface area (Å²) in [5.74, 6) is -3.82. The lowest BCUT2D eigenvalue weighted by molar-refractivity contribution is -0.137. The van der Waals surface area contributed by atoms with E-state index in [1.807, 2.05) is 56.1 Å². The number of unbranched alkanes of at least 4 members (excludes halogenated alkanes) is 2. The highest BCUT2D eigenvalue weighted by Gasteiger charge is 2.48. The van der Waals surface area contributed by atoms with Crippen LogP contribution in [0, 0.1) is 35.5 Å². The van der Waals surface area contributed by atoms with Gasteiger partial charge in [0.2, 0.25) is 33.7 Å². The molecule has 3 fully saturated rings. The maximum absolute atomic E-state index is 14.1. The molecular formula is C51H79N7O11S. The lowest BCUT2D eigenvalue weighted by Gasteiger charge is -2.38. The van der Waals surface area contributed by atoms with Crippen molar-refractivity contribution in [2.45, 2.75) is 141 Å². The summed E-state index contributed by atoms with van der Waals surface area (Å²) in [6, 6.07) is 6.97. The number of carbonyl (C=O) groups is 7. The van der Waals surface area contributed by atoms with Crippen molar-refractivity contribution in [1.82, 2.24) is 35.4 Å². The van der Waals surface area contributed by atoms with Crippen molar-refractivity contribution in [3.05, 3.63) is 48.0 Å². The van der Waals surface area contributed by atoms with Crippen LogP contribution in [0.2, 0.25) is 0 Å². The number of nitrogens with one attached hydrogen (secondary N) is 4. The molecule has 1 aromatic carbocycles. The van der Waals surface area contributed by atoms with E-state index < -0.39 is 63.8 Å². The van der Waals surface area contributed by atoms with Crippen molar-refractivity contribution in [3.63, 3.8) is 0 Å². The number of ether oxygens (including phenoxy) is 2. The van der Waals surface area contributed by atoms with Crippen LogP contribution in [0.4, 0.5) is 0 Å². The lowest BCUT2D eigenvalue weighted by Crippen LogP contribution is -2.57. The largest absolute Gasteiger partial charge is 0.380 e. The van der Waals surface area contributed by atoms with Crippen LogP contribution in [0.25, 0.3) is 0 Å². The Labute approximate surface area is 415 Å². The Kier molecular flexibility index (Phi) is 21.1. The second-order valence-electron chi connectivity index (χ2n) is 20.4. The number of sulfonamides is 1. The fourth-order valence-electron chi connectivity index (χ4n) is 11.2. The smallest absolute Gasteiger partial charge is 0.253 e. The first-order valence-electron chi connectivity index (χ1n) is 25.3. The first-order valence-corrected chi connectivity index (χ1v) is 26.9. The van der Waals surface area contributed by atoms with E-state index in [9.17, 15) is 42.0 Å². The van der Waals surface area contributed by atoms with Gasteiger partial charge in [0.25, 0.3) is 11.8 Å². The molecule has 12 atom stereocenters. The third kappa shape index (κ3) is 14.8. The van der Waals surface area contributed by atoms with Gasteiger partial charge in [-0.05, 0) is 87.8 Å². The molecule has 0 radical (unpaired) electrons. The highest BCUT2D eigenvalue weighted by molar-refractivity contribution is 7.90. The minimum Gasteiger partial charge on any atom is -0.380 e. The zero-order valence-corrected chi connectivity index (χ0v) is 43.3. The van der Waals surface area contributed by atoms with Crippen LogP contribution >= 0.6 is 0 Å². The second-order valence-corrected chi connectivity index (χ2v) is 22.2. The molecule has 1 aliphatic carbocycles. The average molecular weight is 998 g/mol. The van der Waals surface area contributed by atoms with Gasteiger partial charge in [-0.3, -0.25) is 48.2 Å². The van der Waals surface area contributed by atoms with Crippen molar-refractivity contribution >= 4 is 51.8 Å². The van der Waals surface area contributed by atoms with Gasteiger partial charge >= 0.3 is 0 Å². The summed E-state index contributed by atoms with van der Waals surface area (Å²) in [7, 11) is 0.890. The summed E-state index contributed by atoms with van der Waals surface area (Å²) in [5.41, 5.74) is 0.787. The number of benzene rings is 1. The number of likely N-dealkylation sites (tertiary alicyclic amines) is 2. The van der Waals surface area contributed by atoms with E-state index in [0.717, 1.165) is 42.4 Å². The number of fused-ring (bicyclic) bond motifs is 2. The van der Waals surface area contributed by atoms with Crippen molar-refractivity contribution in [1.29, 1.82) is 0 Å². The molecule has 1 saturated carbocycles. The normalized spacial score (nSPS) is 23.9. The Hall–Kier alpha value is -4.56. The fourth-order valence-corrected chi connectivity index (χ4v) is 12.5. The first-order chi connectivity index (χ1) is 33.3. The van der Waals surface area contributed by atoms with E-state index >= 15 is 0 Å². The zero-order valence-electron chi connectivity index (χ0n) is 42.5. The monoisotopic (exact) mass is 998 g/mol. The number of nitrogens with zero attached hydrogens (tertiary/aromatic N) is 3. The van der Waals surface area contributed by atoms with Crippen molar-refractivity contribution in [3.8, 4) is 0 Å². The molecule has 0 spiro atoms. The topological polar surface area (TPSA) is 230 Å². The Morgan fingerprint density at radius 1 is 0.900 bits per heavy atom. The van der Waals surface area contributed by atoms with Crippen LogP contribution in [0.15, 0.2) is 42.5 Å². The maximum atomic E-state index is 14.1. The second kappa shape index (κ2) is 26.2. The molecule has 6 amide bonds. The Morgan fingerprint density at radius 2 is 1.60 bits per heavy atom. The minimum absolute atomic E-state index is 0.0490. The molecule has 19 heteroatoms. The summed E-state index contributed by atoms with van der Waals surface area (Å²) >= 11 is 0. The molecule has 4 N–H and O–H groups in total. The zero-order chi connectivity index (χ0) is 51.3. The summed E-state index contributed by atoms with van der Waals surface area (Å²) in [4.78, 5) is 96.3. The SMILES string of the molecule is CC[C@H](C)[C@@H](CNC(=O)C(NC(=O)[C@@H]1[C@H]2CC[C@H](C2)N1C)C(C)C)[C@@H](OC)[C@@H](C=O)N1CC[C@H]([C@@H](OC)[C@@H](C)C(=O)N[C@@H](Cc2ccccc2)CS(=O)(=O)NC(=O)CCCCCN2C(=O)C=CC2=O)C1. The number of amides is 6. The van der Waals surface area contributed by atoms with E-state index in [1.165, 1.54) is 19.3 Å². The quantitative estimate of drug-likeness (QED) is 0.0515. The van der Waals surface area contributed by atoms with E-state index in [-0.39, 0.29) is 79.3 Å². The molecule has 1 aromatic rings. The van der Waals surface area contributed by atoms with Gasteiger partial charge in [-0.25, -0.2) is 8.42 Å². The number of rotatable bonds is 29. The van der Waals surface area contributed by atoms with Crippen molar-refractivity contribution in [2.24, 2.45) is 35.5 Å². The highest BCUT2D eigenvalue weighted by Crippen LogP contribution is 2.41. The van der Waals surface area contributed by atoms with Crippen LogP contribution in [-0.4, -0.2) is 160 Å². The first kappa shape index (κ1) is 56.4. The summed E-state index contributed by atoms with van der Waals surface area (Å²) in [5, 5.41) is 9.13. The summed E-state index contributed by atoms with van der Waals surface area (Å²) < 4.78 is 41.1. The van der Waals surface area contributed by atoms with Gasteiger partial charge in [0, 0.05) is 70.4 Å². The van der Waals surface area contributed by atoms with Gasteiger partial charge in [-0.1, -0.05) is 77.8 Å². The van der Waals surface area contributed by atoms with E-state index in [1.54, 1.807) is 14.0 Å². The third-order valence-corrected chi connectivity index (χ3v) is 16.7. The molecule has 1 unspecified atom stereocenters. The number of hydrogen-bond donors (Lipinski definition) is 4. The molecular weight excluding hydrogens is 919 g/mol. The number of imide groups is 1. The number of methoxy groups -OCH3 is 2. The molecule has 4 aliphatic rings. The minimum atomic E-state index is -4.20. The fraction of sp³-hybridized carbons (Fsp3) is 0.706. The Morgan fingerprint density at radius 3 is 2.20 bits per heavy atom. The predicted molar refractivity (Wildman–Crippen MR) is 264 cm³/mol. The molecule has 70 heavy (non-hydrogen) atoms. The highest BCUT2D eigenvalue weighted by atomic mass is 32.2. The van der Waals surface area contributed by atoms with Crippen LogP contribution in [0.3, 0.4) is 0 Å². The molecule has 3 heterocycles. The van der Waals surface area contributed by atoms with Gasteiger partial charge in [-0.15, -0.1) is 0 Å². The molecule has 390 valence electrons. The molecule has 0 aromatic heterocycles. The van der Waals surface area contributed by atoms with E-state index in [0.29, 0.717) is 50.7 Å². The third-order valence-electron chi connectivity index (χ3n) is 15.3. The van der Waals surface area contributed by atoms with Crippen LogP contribution in [0.5, 0.6) is 0 Å². The lowest BCUT2D eigenvalue weighted by atomic mass is 9.83. The molecule has 2 bridgehead atoms. The number of piperidine rings is 1. The number of aldehydes is 1. The molecule has 2 saturated heterocycles. The van der Waals surface area contributed by atoms with Gasteiger partial charge in [0.1, 0.15) is 12.3 Å². The molecule has 18 nitrogen and oxygen atoms in total. The van der Waals surface area contributed by atoms with Gasteiger partial charge in [0.15, 0.2) is 0 Å². The Bertz CT molecular complexity index is 2090. The van der Waals surface area contributed by atoms with E-state index in [2.05, 4.69) is 39.4 Å². The summed E-state index contributed by atoms with van der Waals surface area (Å²) in [6.45, 7) is 11.1. The van der Waals surface area contributed by atoms with Crippen LogP contribution in [-0.2, 0) is 59.5 Å². The average Bonchev–Trinajstić information content (AvgIpc) is 4.13. The summed E-state index contributed by atoms with van der Waals surface area (Å²) in [6.07, 6.45) is 8.01. The van der Waals surface area contributed by atoms with Gasteiger partial charge in [0.05, 0.1) is 36.0 Å². The maximum Gasteiger partial charge on any atom is 0.253 e.